The molecule has 1 aromatic carbocycles. The summed E-state index contributed by atoms with van der Waals surface area (Å²) in [4.78, 5) is 2.70. The Hall–Kier alpha value is -1.11. The minimum atomic E-state index is -3.36. The third-order valence-electron chi connectivity index (χ3n) is 3.96. The van der Waals surface area contributed by atoms with E-state index < -0.39 is 10.0 Å². The molecule has 0 saturated carbocycles. The summed E-state index contributed by atoms with van der Waals surface area (Å²) in [6.07, 6.45) is 3.79. The first-order valence-corrected chi connectivity index (χ1v) is 9.05. The highest BCUT2D eigenvalue weighted by molar-refractivity contribution is 7.89. The van der Waals surface area contributed by atoms with Gasteiger partial charge in [-0.1, -0.05) is 13.3 Å². The summed E-state index contributed by atoms with van der Waals surface area (Å²) in [5.41, 5.74) is 0.962. The van der Waals surface area contributed by atoms with Crippen molar-refractivity contribution in [3.05, 3.63) is 24.3 Å². The van der Waals surface area contributed by atoms with Gasteiger partial charge >= 0.3 is 0 Å². The normalized spacial score (nSPS) is 20.4. The number of anilines is 1. The highest BCUT2D eigenvalue weighted by Crippen LogP contribution is 2.17. The second-order valence-electron chi connectivity index (χ2n) is 5.54. The van der Waals surface area contributed by atoms with Gasteiger partial charge in [0, 0.05) is 24.8 Å². The zero-order chi connectivity index (χ0) is 15.3. The SMILES string of the molecule is CCNS(=O)(=O)c1ccc(NCC2CCCCN2C)cc1. The summed E-state index contributed by atoms with van der Waals surface area (Å²) < 4.78 is 26.2. The Balaban J connectivity index is 1.93. The molecule has 0 aliphatic carbocycles. The first-order valence-electron chi connectivity index (χ1n) is 7.57. The molecule has 1 aliphatic heterocycles. The topological polar surface area (TPSA) is 61.4 Å². The standard InChI is InChI=1S/C15H25N3O2S/c1-3-17-21(19,20)15-9-7-13(8-10-15)16-12-14-6-4-5-11-18(14)2/h7-10,14,16-17H,3-6,11-12H2,1-2H3. The molecule has 1 atom stereocenters. The largest absolute Gasteiger partial charge is 0.383 e. The van der Waals surface area contributed by atoms with Crippen molar-refractivity contribution in [3.63, 3.8) is 0 Å². The molecule has 1 saturated heterocycles. The number of nitrogens with zero attached hydrogens (tertiary/aromatic N) is 1. The number of rotatable bonds is 6. The number of nitrogens with one attached hydrogen (secondary N) is 2. The number of likely N-dealkylation sites (N-methyl/N-ethyl adjacent to an activating group) is 1. The Kier molecular flexibility index (Phi) is 5.61. The van der Waals surface area contributed by atoms with Crippen LogP contribution in [0, 0.1) is 0 Å². The Morgan fingerprint density at radius 2 is 1.95 bits per heavy atom. The lowest BCUT2D eigenvalue weighted by atomic mass is 10.0. The van der Waals surface area contributed by atoms with Crippen molar-refractivity contribution in [1.29, 1.82) is 0 Å². The molecule has 21 heavy (non-hydrogen) atoms. The van der Waals surface area contributed by atoms with Crippen LogP contribution in [0.5, 0.6) is 0 Å². The van der Waals surface area contributed by atoms with E-state index in [-0.39, 0.29) is 0 Å². The summed E-state index contributed by atoms with van der Waals surface area (Å²) in [6, 6.07) is 7.50. The predicted molar refractivity (Wildman–Crippen MR) is 86.1 cm³/mol. The van der Waals surface area contributed by atoms with Crippen molar-refractivity contribution in [2.24, 2.45) is 0 Å². The van der Waals surface area contributed by atoms with Gasteiger partial charge in [0.15, 0.2) is 0 Å². The summed E-state index contributed by atoms with van der Waals surface area (Å²) in [5, 5.41) is 3.40. The van der Waals surface area contributed by atoms with Gasteiger partial charge in [0.2, 0.25) is 10.0 Å². The van der Waals surface area contributed by atoms with E-state index in [0.717, 1.165) is 18.8 Å². The van der Waals surface area contributed by atoms with Crippen molar-refractivity contribution in [1.82, 2.24) is 9.62 Å². The molecular weight excluding hydrogens is 286 g/mol. The monoisotopic (exact) mass is 311 g/mol. The van der Waals surface area contributed by atoms with Crippen molar-refractivity contribution < 1.29 is 8.42 Å². The lowest BCUT2D eigenvalue weighted by Crippen LogP contribution is -2.40. The van der Waals surface area contributed by atoms with E-state index >= 15 is 0 Å². The van der Waals surface area contributed by atoms with Gasteiger partial charge in [0.25, 0.3) is 0 Å². The number of sulfonamides is 1. The van der Waals surface area contributed by atoms with E-state index in [0.29, 0.717) is 17.5 Å². The molecule has 2 rings (SSSR count). The van der Waals surface area contributed by atoms with Crippen molar-refractivity contribution in [2.45, 2.75) is 37.1 Å². The lowest BCUT2D eigenvalue weighted by molar-refractivity contribution is 0.194. The molecule has 1 heterocycles. The minimum absolute atomic E-state index is 0.310. The average Bonchev–Trinajstić information content (AvgIpc) is 2.47. The van der Waals surface area contributed by atoms with Gasteiger partial charge in [-0.05, 0) is 50.7 Å². The Morgan fingerprint density at radius 1 is 1.24 bits per heavy atom. The Bertz CT molecular complexity index is 543. The van der Waals surface area contributed by atoms with E-state index in [1.54, 1.807) is 19.1 Å². The van der Waals surface area contributed by atoms with Gasteiger partial charge in [-0.3, -0.25) is 0 Å². The zero-order valence-corrected chi connectivity index (χ0v) is 13.6. The van der Waals surface area contributed by atoms with Gasteiger partial charge in [0.1, 0.15) is 0 Å². The van der Waals surface area contributed by atoms with Gasteiger partial charge in [0.05, 0.1) is 4.90 Å². The van der Waals surface area contributed by atoms with Gasteiger partial charge in [-0.25, -0.2) is 13.1 Å². The van der Waals surface area contributed by atoms with E-state index in [1.165, 1.54) is 19.3 Å². The van der Waals surface area contributed by atoms with Crippen LogP contribution in [0.3, 0.4) is 0 Å². The van der Waals surface area contributed by atoms with Crippen LogP contribution in [0.15, 0.2) is 29.2 Å². The fourth-order valence-corrected chi connectivity index (χ4v) is 3.70. The first kappa shape index (κ1) is 16.3. The molecule has 6 heteroatoms. The van der Waals surface area contributed by atoms with Crippen LogP contribution in [0.2, 0.25) is 0 Å². The second kappa shape index (κ2) is 7.24. The highest BCUT2D eigenvalue weighted by atomic mass is 32.2. The van der Waals surface area contributed by atoms with E-state index in [2.05, 4.69) is 22.0 Å². The molecule has 2 N–H and O–H groups in total. The molecule has 0 radical (unpaired) electrons. The summed E-state index contributed by atoms with van der Waals surface area (Å²) in [5.74, 6) is 0. The summed E-state index contributed by atoms with van der Waals surface area (Å²) in [7, 11) is -1.19. The molecule has 118 valence electrons. The first-order chi connectivity index (χ1) is 10.0. The van der Waals surface area contributed by atoms with E-state index in [1.807, 2.05) is 12.1 Å². The lowest BCUT2D eigenvalue weighted by Gasteiger charge is -2.32. The smallest absolute Gasteiger partial charge is 0.240 e. The van der Waals surface area contributed by atoms with Crippen molar-refractivity contribution in [2.75, 3.05) is 32.0 Å². The second-order valence-corrected chi connectivity index (χ2v) is 7.30. The van der Waals surface area contributed by atoms with Crippen molar-refractivity contribution in [3.8, 4) is 0 Å². The molecule has 0 spiro atoms. The molecule has 0 amide bonds. The number of benzene rings is 1. The average molecular weight is 311 g/mol. The quantitative estimate of drug-likeness (QED) is 0.842. The fourth-order valence-electron chi connectivity index (χ4n) is 2.66. The van der Waals surface area contributed by atoms with E-state index in [4.69, 9.17) is 0 Å². The minimum Gasteiger partial charge on any atom is -0.383 e. The highest BCUT2D eigenvalue weighted by Gasteiger charge is 2.18. The maximum absolute atomic E-state index is 11.9. The van der Waals surface area contributed by atoms with Crippen LogP contribution in [-0.2, 0) is 10.0 Å². The number of hydrogen-bond acceptors (Lipinski definition) is 4. The Morgan fingerprint density at radius 3 is 2.57 bits per heavy atom. The van der Waals surface area contributed by atoms with Crippen LogP contribution in [-0.4, -0.2) is 46.0 Å². The third kappa shape index (κ3) is 4.43. The van der Waals surface area contributed by atoms with Gasteiger partial charge < -0.3 is 10.2 Å². The number of piperidine rings is 1. The van der Waals surface area contributed by atoms with Gasteiger partial charge in [-0.15, -0.1) is 0 Å². The maximum Gasteiger partial charge on any atom is 0.240 e. The zero-order valence-electron chi connectivity index (χ0n) is 12.8. The molecule has 5 nitrogen and oxygen atoms in total. The molecule has 1 unspecified atom stereocenters. The number of likely N-dealkylation sites (tertiary alicyclic amines) is 1. The third-order valence-corrected chi connectivity index (χ3v) is 5.52. The summed E-state index contributed by atoms with van der Waals surface area (Å²) >= 11 is 0. The molecule has 0 aromatic heterocycles. The van der Waals surface area contributed by atoms with Crippen LogP contribution < -0.4 is 10.0 Å². The number of hydrogen-bond donors (Lipinski definition) is 2. The maximum atomic E-state index is 11.9. The fraction of sp³-hybridized carbons (Fsp3) is 0.600. The van der Waals surface area contributed by atoms with Gasteiger partial charge in [-0.2, -0.15) is 0 Å². The van der Waals surface area contributed by atoms with Crippen LogP contribution in [0.4, 0.5) is 5.69 Å². The molecule has 1 fully saturated rings. The molecule has 1 aromatic rings. The van der Waals surface area contributed by atoms with E-state index in [9.17, 15) is 8.42 Å². The summed E-state index contributed by atoms with van der Waals surface area (Å²) in [6.45, 7) is 4.23. The molecular formula is C15H25N3O2S. The predicted octanol–water partition coefficient (Wildman–Crippen LogP) is 1.88. The van der Waals surface area contributed by atoms with Crippen molar-refractivity contribution >= 4 is 15.7 Å². The molecule has 0 bridgehead atoms. The van der Waals surface area contributed by atoms with Crippen LogP contribution in [0.25, 0.3) is 0 Å². The van der Waals surface area contributed by atoms with Crippen LogP contribution >= 0.6 is 0 Å². The molecule has 1 aliphatic rings. The Labute approximate surface area is 127 Å². The van der Waals surface area contributed by atoms with Crippen LogP contribution in [0.1, 0.15) is 26.2 Å².